The van der Waals surface area contributed by atoms with Crippen LogP contribution in [0.15, 0.2) is 11.6 Å². The van der Waals surface area contributed by atoms with E-state index >= 15 is 0 Å². The Morgan fingerprint density at radius 1 is 1.26 bits per heavy atom. The molecule has 2 nitrogen and oxygen atoms in total. The highest BCUT2D eigenvalue weighted by molar-refractivity contribution is 5.36. The Morgan fingerprint density at radius 3 is 2.39 bits per heavy atom. The molecule has 0 aromatic carbocycles. The molecule has 23 heavy (non-hydrogen) atoms. The van der Waals surface area contributed by atoms with Crippen molar-refractivity contribution in [1.82, 2.24) is 0 Å². The van der Waals surface area contributed by atoms with Gasteiger partial charge in [-0.25, -0.2) is 0 Å². The molecule has 0 heterocycles. The maximum absolute atomic E-state index is 13.3. The molecule has 0 radical (unpaired) electrons. The van der Waals surface area contributed by atoms with Crippen molar-refractivity contribution in [3.05, 3.63) is 11.6 Å². The number of fused-ring (bicyclic) bond motifs is 1. The summed E-state index contributed by atoms with van der Waals surface area (Å²) in [5, 5.41) is 20.5. The van der Waals surface area contributed by atoms with E-state index in [0.29, 0.717) is 12.8 Å². The molecule has 0 aromatic rings. The first-order valence-electron chi connectivity index (χ1n) is 8.65. The minimum Gasteiger partial charge on any atom is -0.393 e. The molecule has 3 aliphatic rings. The van der Waals surface area contributed by atoms with Gasteiger partial charge in [-0.2, -0.15) is 13.2 Å². The second-order valence-corrected chi connectivity index (χ2v) is 8.36. The zero-order chi connectivity index (χ0) is 17.3. The lowest BCUT2D eigenvalue weighted by atomic mass is 9.59. The fourth-order valence-corrected chi connectivity index (χ4v) is 5.34. The number of allylic oxidation sites excluding steroid dienone is 2. The molecule has 2 fully saturated rings. The number of aliphatic hydroxyl groups excluding tert-OH is 1. The van der Waals surface area contributed by atoms with Gasteiger partial charge >= 0.3 is 6.18 Å². The first kappa shape index (κ1) is 17.3. The molecule has 0 bridgehead atoms. The van der Waals surface area contributed by atoms with Gasteiger partial charge in [0.15, 0.2) is 5.60 Å². The summed E-state index contributed by atoms with van der Waals surface area (Å²) in [6.45, 7) is 4.55. The van der Waals surface area contributed by atoms with Crippen LogP contribution in [0.3, 0.4) is 0 Å². The SMILES string of the molecule is CC(C1(C2=CC[C@H]3[C@@H](O)CCC[C@]23C)CC1)C(C)(O)C(F)(F)F. The highest BCUT2D eigenvalue weighted by atomic mass is 19.4. The van der Waals surface area contributed by atoms with Gasteiger partial charge in [-0.1, -0.05) is 25.5 Å². The van der Waals surface area contributed by atoms with Gasteiger partial charge in [0.25, 0.3) is 0 Å². The maximum atomic E-state index is 13.3. The Bertz CT molecular complexity index is 519. The van der Waals surface area contributed by atoms with E-state index in [1.165, 1.54) is 6.92 Å². The minimum atomic E-state index is -4.63. The van der Waals surface area contributed by atoms with Crippen LogP contribution in [-0.2, 0) is 0 Å². The highest BCUT2D eigenvalue weighted by Gasteiger charge is 2.67. The molecule has 2 saturated carbocycles. The lowest BCUT2D eigenvalue weighted by Crippen LogP contribution is -2.52. The summed E-state index contributed by atoms with van der Waals surface area (Å²) in [5.41, 5.74) is -2.39. The van der Waals surface area contributed by atoms with Crippen molar-refractivity contribution in [3.63, 3.8) is 0 Å². The van der Waals surface area contributed by atoms with E-state index in [-0.39, 0.29) is 17.4 Å². The topological polar surface area (TPSA) is 40.5 Å². The number of rotatable bonds is 3. The lowest BCUT2D eigenvalue weighted by Gasteiger charge is -2.47. The van der Waals surface area contributed by atoms with Gasteiger partial charge < -0.3 is 10.2 Å². The van der Waals surface area contributed by atoms with Crippen molar-refractivity contribution in [2.24, 2.45) is 22.7 Å². The van der Waals surface area contributed by atoms with Gasteiger partial charge in [-0.05, 0) is 62.2 Å². The second kappa shape index (κ2) is 4.98. The van der Waals surface area contributed by atoms with Crippen molar-refractivity contribution in [2.75, 3.05) is 0 Å². The molecule has 2 unspecified atom stereocenters. The van der Waals surface area contributed by atoms with E-state index < -0.39 is 23.1 Å². The monoisotopic (exact) mass is 332 g/mol. The molecule has 3 aliphatic carbocycles. The van der Waals surface area contributed by atoms with Gasteiger partial charge in [0.1, 0.15) is 0 Å². The lowest BCUT2D eigenvalue weighted by molar-refractivity contribution is -0.276. The zero-order valence-corrected chi connectivity index (χ0v) is 14.1. The summed E-state index contributed by atoms with van der Waals surface area (Å²) in [6.07, 6.45) is 1.84. The van der Waals surface area contributed by atoms with Crippen LogP contribution < -0.4 is 0 Å². The maximum Gasteiger partial charge on any atom is 0.417 e. The standard InChI is InChI=1S/C18H27F3O2/c1-11(16(3,23)18(19,20)21)17(9-10-17)14-7-6-12-13(22)5-4-8-15(12,14)2/h7,11-13,22-23H,4-6,8-10H2,1-3H3/t11?,12-,13-,15-,16?/m0/s1. The van der Waals surface area contributed by atoms with Gasteiger partial charge in [-0.3, -0.25) is 0 Å². The predicted molar refractivity (Wildman–Crippen MR) is 81.7 cm³/mol. The third kappa shape index (κ3) is 2.30. The molecule has 0 spiro atoms. The van der Waals surface area contributed by atoms with Gasteiger partial charge in [0.2, 0.25) is 0 Å². The third-order valence-electron chi connectivity index (χ3n) is 7.24. The van der Waals surface area contributed by atoms with Crippen LogP contribution in [0, 0.1) is 22.7 Å². The summed E-state index contributed by atoms with van der Waals surface area (Å²) in [4.78, 5) is 0. The Kier molecular flexibility index (Phi) is 3.74. The average Bonchev–Trinajstić information content (AvgIpc) is 3.14. The molecule has 0 aromatic heterocycles. The fourth-order valence-electron chi connectivity index (χ4n) is 5.34. The summed E-state index contributed by atoms with van der Waals surface area (Å²) in [7, 11) is 0. The van der Waals surface area contributed by atoms with Crippen molar-refractivity contribution in [3.8, 4) is 0 Å². The van der Waals surface area contributed by atoms with E-state index in [1.807, 2.05) is 0 Å². The third-order valence-corrected chi connectivity index (χ3v) is 7.24. The van der Waals surface area contributed by atoms with E-state index in [9.17, 15) is 23.4 Å². The highest BCUT2D eigenvalue weighted by Crippen LogP contribution is 2.70. The fraction of sp³-hybridized carbons (Fsp3) is 0.889. The van der Waals surface area contributed by atoms with Crippen molar-refractivity contribution in [1.29, 1.82) is 0 Å². The number of halogens is 3. The van der Waals surface area contributed by atoms with Gasteiger partial charge in [0.05, 0.1) is 6.10 Å². The quantitative estimate of drug-likeness (QED) is 0.760. The predicted octanol–water partition coefficient (Wildman–Crippen LogP) is 4.21. The van der Waals surface area contributed by atoms with Crippen LogP contribution in [0.5, 0.6) is 0 Å². The van der Waals surface area contributed by atoms with E-state index in [1.54, 1.807) is 0 Å². The molecule has 3 rings (SSSR count). The summed E-state index contributed by atoms with van der Waals surface area (Å²) < 4.78 is 39.9. The summed E-state index contributed by atoms with van der Waals surface area (Å²) in [5.74, 6) is -0.761. The Hall–Kier alpha value is -0.550. The second-order valence-electron chi connectivity index (χ2n) is 8.36. The first-order chi connectivity index (χ1) is 10.5. The smallest absolute Gasteiger partial charge is 0.393 e. The zero-order valence-electron chi connectivity index (χ0n) is 14.1. The van der Waals surface area contributed by atoms with Crippen LogP contribution in [-0.4, -0.2) is 28.1 Å². The number of hydrogen-bond acceptors (Lipinski definition) is 2. The van der Waals surface area contributed by atoms with E-state index in [2.05, 4.69) is 13.0 Å². The van der Waals surface area contributed by atoms with E-state index in [4.69, 9.17) is 0 Å². The van der Waals surface area contributed by atoms with Crippen LogP contribution in [0.25, 0.3) is 0 Å². The number of aliphatic hydroxyl groups is 2. The van der Waals surface area contributed by atoms with Gasteiger partial charge in [0, 0.05) is 5.92 Å². The number of hydrogen-bond donors (Lipinski definition) is 2. The molecule has 5 heteroatoms. The van der Waals surface area contributed by atoms with Crippen molar-refractivity contribution in [2.45, 2.75) is 77.2 Å². The van der Waals surface area contributed by atoms with Crippen LogP contribution in [0.1, 0.15) is 59.3 Å². The molecule has 0 aliphatic heterocycles. The summed E-state index contributed by atoms with van der Waals surface area (Å²) >= 11 is 0. The van der Waals surface area contributed by atoms with Crippen LogP contribution >= 0.6 is 0 Å². The normalized spacial score (nSPS) is 40.1. The number of alkyl halides is 3. The molecule has 2 N–H and O–H groups in total. The van der Waals surface area contributed by atoms with Crippen molar-refractivity contribution >= 4 is 0 Å². The van der Waals surface area contributed by atoms with Crippen LogP contribution in [0.2, 0.25) is 0 Å². The minimum absolute atomic E-state index is 0.117. The molecule has 132 valence electrons. The largest absolute Gasteiger partial charge is 0.417 e. The first-order valence-corrected chi connectivity index (χ1v) is 8.65. The van der Waals surface area contributed by atoms with Gasteiger partial charge in [-0.15, -0.1) is 0 Å². The molecular weight excluding hydrogens is 305 g/mol. The Morgan fingerprint density at radius 2 is 1.87 bits per heavy atom. The summed E-state index contributed by atoms with van der Waals surface area (Å²) in [6, 6.07) is 0. The van der Waals surface area contributed by atoms with Crippen molar-refractivity contribution < 1.29 is 23.4 Å². The molecule has 0 saturated heterocycles. The molecule has 5 atom stereocenters. The van der Waals surface area contributed by atoms with Crippen LogP contribution in [0.4, 0.5) is 13.2 Å². The Labute approximate surface area is 135 Å². The Balaban J connectivity index is 1.93. The molecular formula is C18H27F3O2. The van der Waals surface area contributed by atoms with E-state index in [0.717, 1.165) is 38.2 Å². The average molecular weight is 332 g/mol. The molecule has 0 amide bonds.